The Bertz CT molecular complexity index is 601. The first kappa shape index (κ1) is 14.0. The molecule has 1 aromatic heterocycles. The van der Waals surface area contributed by atoms with Crippen LogP contribution in [-0.4, -0.2) is 47.4 Å². The van der Waals surface area contributed by atoms with E-state index in [1.54, 1.807) is 6.92 Å². The van der Waals surface area contributed by atoms with Crippen LogP contribution in [0.2, 0.25) is 0 Å². The first-order chi connectivity index (χ1) is 9.81. The van der Waals surface area contributed by atoms with Gasteiger partial charge in [0.1, 0.15) is 0 Å². The Morgan fingerprint density at radius 1 is 1.48 bits per heavy atom. The van der Waals surface area contributed by atoms with E-state index < -0.39 is 36.1 Å². The van der Waals surface area contributed by atoms with E-state index in [-0.39, 0.29) is 12.3 Å². The summed E-state index contributed by atoms with van der Waals surface area (Å²) < 4.78 is 32.8. The van der Waals surface area contributed by atoms with Gasteiger partial charge in [-0.25, -0.2) is 8.78 Å². The summed E-state index contributed by atoms with van der Waals surface area (Å²) in [6.07, 6.45) is -0.217. The third-order valence-corrected chi connectivity index (χ3v) is 4.01. The van der Waals surface area contributed by atoms with Crippen molar-refractivity contribution in [2.24, 2.45) is 5.41 Å². The van der Waals surface area contributed by atoms with Crippen molar-refractivity contribution in [2.45, 2.75) is 25.7 Å². The molecule has 0 radical (unpaired) electrons. The largest absolute Gasteiger partial charge is 0.356 e. The molecule has 0 saturated carbocycles. The molecule has 1 spiro atoms. The Kier molecular flexibility index (Phi) is 3.00. The minimum Gasteiger partial charge on any atom is -0.356 e. The lowest BCUT2D eigenvalue weighted by Crippen LogP contribution is -2.56. The first-order valence-electron chi connectivity index (χ1n) is 6.70. The molecule has 6 nitrogen and oxygen atoms in total. The van der Waals surface area contributed by atoms with Crippen molar-refractivity contribution in [3.63, 3.8) is 0 Å². The predicted molar refractivity (Wildman–Crippen MR) is 66.8 cm³/mol. The van der Waals surface area contributed by atoms with Crippen LogP contribution in [0.3, 0.4) is 0 Å². The second-order valence-electron chi connectivity index (χ2n) is 5.81. The Morgan fingerprint density at radius 2 is 2.24 bits per heavy atom. The molecule has 2 amide bonds. The average Bonchev–Trinajstić information content (AvgIpc) is 2.95. The molecule has 1 N–H and O–H groups in total. The number of piperidine rings is 1. The highest BCUT2D eigenvalue weighted by Gasteiger charge is 2.55. The summed E-state index contributed by atoms with van der Waals surface area (Å²) in [5, 5.41) is 6.16. The number of nitrogens with zero attached hydrogens (tertiary/aromatic N) is 2. The molecule has 2 fully saturated rings. The van der Waals surface area contributed by atoms with Crippen LogP contribution in [0.25, 0.3) is 0 Å². The number of amides is 2. The predicted octanol–water partition coefficient (Wildman–Crippen LogP) is 0.971. The van der Waals surface area contributed by atoms with Crippen LogP contribution >= 0.6 is 0 Å². The van der Waals surface area contributed by atoms with Gasteiger partial charge in [0.15, 0.2) is 0 Å². The topological polar surface area (TPSA) is 75.4 Å². The molecule has 3 heterocycles. The number of nitrogens with one attached hydrogen (secondary N) is 1. The second kappa shape index (κ2) is 4.51. The molecule has 1 aromatic rings. The zero-order valence-electron chi connectivity index (χ0n) is 11.5. The van der Waals surface area contributed by atoms with E-state index in [1.807, 2.05) is 0 Å². The number of carbonyl (C=O) groups excluding carboxylic acids is 2. The lowest BCUT2D eigenvalue weighted by Gasteiger charge is -2.42. The number of hydrogen-bond donors (Lipinski definition) is 1. The Balaban J connectivity index is 1.88. The van der Waals surface area contributed by atoms with Crippen molar-refractivity contribution in [1.82, 2.24) is 15.4 Å². The van der Waals surface area contributed by atoms with E-state index in [9.17, 15) is 18.4 Å². The number of likely N-dealkylation sites (tertiary alicyclic amines) is 1. The number of hydrogen-bond acceptors (Lipinski definition) is 4. The number of alkyl halides is 2. The van der Waals surface area contributed by atoms with Gasteiger partial charge in [-0.05, 0) is 13.3 Å². The normalized spacial score (nSPS) is 28.0. The molecule has 2 aliphatic heterocycles. The fraction of sp³-hybridized carbons (Fsp3) is 0.615. The van der Waals surface area contributed by atoms with Crippen LogP contribution in [0, 0.1) is 12.3 Å². The average molecular weight is 299 g/mol. The van der Waals surface area contributed by atoms with Gasteiger partial charge >= 0.3 is 0 Å². The van der Waals surface area contributed by atoms with Crippen molar-refractivity contribution in [1.29, 1.82) is 0 Å². The van der Waals surface area contributed by atoms with Crippen LogP contribution in [0.5, 0.6) is 0 Å². The fourth-order valence-corrected chi connectivity index (χ4v) is 3.11. The van der Waals surface area contributed by atoms with E-state index in [1.165, 1.54) is 6.07 Å². The van der Waals surface area contributed by atoms with Crippen LogP contribution < -0.4 is 5.32 Å². The van der Waals surface area contributed by atoms with Gasteiger partial charge in [-0.15, -0.1) is 0 Å². The quantitative estimate of drug-likeness (QED) is 0.838. The van der Waals surface area contributed by atoms with Gasteiger partial charge in [-0.1, -0.05) is 5.16 Å². The van der Waals surface area contributed by atoms with Gasteiger partial charge in [0, 0.05) is 25.6 Å². The highest BCUT2D eigenvalue weighted by Crippen LogP contribution is 2.43. The van der Waals surface area contributed by atoms with Crippen molar-refractivity contribution in [2.75, 3.05) is 19.6 Å². The van der Waals surface area contributed by atoms with Crippen LogP contribution in [-0.2, 0) is 4.79 Å². The SMILES string of the molecule is Cc1cc(C(=O)N2CC(F)(F)CC3(CCNC3=O)C2)on1. The molecule has 3 rings (SSSR count). The summed E-state index contributed by atoms with van der Waals surface area (Å²) >= 11 is 0. The molecular formula is C13H15F2N3O3. The number of carbonyl (C=O) groups is 2. The fourth-order valence-electron chi connectivity index (χ4n) is 3.11. The third kappa shape index (κ3) is 2.38. The summed E-state index contributed by atoms with van der Waals surface area (Å²) in [4.78, 5) is 25.2. The van der Waals surface area contributed by atoms with Gasteiger partial charge in [0.2, 0.25) is 11.7 Å². The van der Waals surface area contributed by atoms with Gasteiger partial charge in [0.05, 0.1) is 17.7 Å². The summed E-state index contributed by atoms with van der Waals surface area (Å²) in [6, 6.07) is 1.40. The molecule has 21 heavy (non-hydrogen) atoms. The molecule has 0 aliphatic carbocycles. The maximum Gasteiger partial charge on any atom is 0.292 e. The van der Waals surface area contributed by atoms with Crippen molar-refractivity contribution >= 4 is 11.8 Å². The van der Waals surface area contributed by atoms with Gasteiger partial charge in [-0.3, -0.25) is 9.59 Å². The number of aromatic nitrogens is 1. The van der Waals surface area contributed by atoms with E-state index in [0.29, 0.717) is 18.7 Å². The Labute approximate surface area is 119 Å². The zero-order chi connectivity index (χ0) is 15.3. The second-order valence-corrected chi connectivity index (χ2v) is 5.81. The molecule has 2 aliphatic rings. The number of aryl methyl sites for hydroxylation is 1. The van der Waals surface area contributed by atoms with Crippen molar-refractivity contribution in [3.05, 3.63) is 17.5 Å². The molecule has 0 aromatic carbocycles. The standard InChI is InChI=1S/C13H15F2N3O3/c1-8-4-9(21-17-8)10(19)18-6-12(2-3-16-11(12)20)5-13(14,15)7-18/h4H,2-3,5-7H2,1H3,(H,16,20). The van der Waals surface area contributed by atoms with E-state index in [2.05, 4.69) is 10.5 Å². The molecular weight excluding hydrogens is 284 g/mol. The van der Waals surface area contributed by atoms with Crippen LogP contribution in [0.15, 0.2) is 10.6 Å². The lowest BCUT2D eigenvalue weighted by atomic mass is 9.77. The molecule has 114 valence electrons. The first-order valence-corrected chi connectivity index (χ1v) is 6.70. The lowest BCUT2D eigenvalue weighted by molar-refractivity contribution is -0.144. The third-order valence-electron chi connectivity index (χ3n) is 4.01. The minimum atomic E-state index is -3.09. The van der Waals surface area contributed by atoms with E-state index in [0.717, 1.165) is 4.90 Å². The smallest absolute Gasteiger partial charge is 0.292 e. The van der Waals surface area contributed by atoms with Crippen molar-refractivity contribution in [3.8, 4) is 0 Å². The molecule has 0 bridgehead atoms. The maximum absolute atomic E-state index is 14.0. The maximum atomic E-state index is 14.0. The Morgan fingerprint density at radius 3 is 2.81 bits per heavy atom. The van der Waals surface area contributed by atoms with Gasteiger partial charge < -0.3 is 14.7 Å². The van der Waals surface area contributed by atoms with Crippen LogP contribution in [0.4, 0.5) is 8.78 Å². The number of halogens is 2. The van der Waals surface area contributed by atoms with Gasteiger partial charge in [0.25, 0.3) is 11.8 Å². The summed E-state index contributed by atoms with van der Waals surface area (Å²) in [5.41, 5.74) is -0.706. The van der Waals surface area contributed by atoms with E-state index >= 15 is 0 Å². The molecule has 1 atom stereocenters. The van der Waals surface area contributed by atoms with E-state index in [4.69, 9.17) is 4.52 Å². The minimum absolute atomic E-state index is 0.0208. The van der Waals surface area contributed by atoms with Crippen LogP contribution in [0.1, 0.15) is 29.1 Å². The van der Waals surface area contributed by atoms with Gasteiger partial charge in [-0.2, -0.15) is 0 Å². The van der Waals surface area contributed by atoms with Crippen molar-refractivity contribution < 1.29 is 22.9 Å². The Hall–Kier alpha value is -1.99. The highest BCUT2D eigenvalue weighted by atomic mass is 19.3. The monoisotopic (exact) mass is 299 g/mol. The highest BCUT2D eigenvalue weighted by molar-refractivity contribution is 5.93. The summed E-state index contributed by atoms with van der Waals surface area (Å²) in [5.74, 6) is -4.24. The summed E-state index contributed by atoms with van der Waals surface area (Å²) in [7, 11) is 0. The molecule has 2 saturated heterocycles. The molecule has 8 heteroatoms. The number of rotatable bonds is 1. The zero-order valence-corrected chi connectivity index (χ0v) is 11.5. The molecule has 1 unspecified atom stereocenters. The summed E-state index contributed by atoms with van der Waals surface area (Å²) in [6.45, 7) is 1.27.